The lowest BCUT2D eigenvalue weighted by molar-refractivity contribution is 0.846. The van der Waals surface area contributed by atoms with E-state index in [0.717, 1.165) is 6.54 Å². The molecule has 4 heteroatoms. The first kappa shape index (κ1) is 20.0. The molecule has 166 valence electrons. The summed E-state index contributed by atoms with van der Waals surface area (Å²) in [5.74, 6) is 0. The van der Waals surface area contributed by atoms with Gasteiger partial charge in [-0.05, 0) is 40.1 Å². The Labute approximate surface area is 205 Å². The van der Waals surface area contributed by atoms with Gasteiger partial charge in [0.05, 0.1) is 0 Å². The molecule has 0 saturated heterocycles. The Kier molecular flexibility index (Phi) is 4.63. The maximum absolute atomic E-state index is 3.83. The van der Waals surface area contributed by atoms with Crippen molar-refractivity contribution < 1.29 is 0 Å². The van der Waals surface area contributed by atoms with Crippen LogP contribution < -0.4 is 15.9 Å². The summed E-state index contributed by atoms with van der Waals surface area (Å²) in [6, 6.07) is 43.3. The van der Waals surface area contributed by atoms with E-state index in [1.165, 1.54) is 55.3 Å². The summed E-state index contributed by atoms with van der Waals surface area (Å²) < 4.78 is 2.47. The minimum Gasteiger partial charge on any atom is -0.405 e. The third-order valence-electron chi connectivity index (χ3n) is 7.03. The molecule has 0 amide bonds. The fourth-order valence-corrected chi connectivity index (χ4v) is 5.53. The zero-order valence-corrected chi connectivity index (χ0v) is 19.3. The van der Waals surface area contributed by atoms with Crippen LogP contribution in [-0.4, -0.2) is 11.5 Å². The molecule has 1 aliphatic heterocycles. The second kappa shape index (κ2) is 8.10. The van der Waals surface area contributed by atoms with Crippen LogP contribution in [0.5, 0.6) is 0 Å². The van der Waals surface area contributed by atoms with Crippen LogP contribution in [0.2, 0.25) is 0 Å². The summed E-state index contributed by atoms with van der Waals surface area (Å²) in [6.45, 7) is 0.748. The molecule has 3 nitrogen and oxygen atoms in total. The molecule has 6 aromatic rings. The molecule has 1 aromatic heterocycles. The third kappa shape index (κ3) is 3.30. The van der Waals surface area contributed by atoms with E-state index >= 15 is 0 Å². The van der Waals surface area contributed by atoms with Gasteiger partial charge in [-0.1, -0.05) is 103 Å². The smallest absolute Gasteiger partial charge is 0.405 e. The summed E-state index contributed by atoms with van der Waals surface area (Å²) in [5, 5.41) is 11.4. The van der Waals surface area contributed by atoms with Gasteiger partial charge in [-0.2, -0.15) is 0 Å². The monoisotopic (exact) mass is 449 g/mol. The van der Waals surface area contributed by atoms with Crippen molar-refractivity contribution >= 4 is 45.5 Å². The number of nitrogens with one attached hydrogen (secondary N) is 2. The normalized spacial score (nSPS) is 12.5. The van der Waals surface area contributed by atoms with E-state index in [4.69, 9.17) is 0 Å². The Balaban J connectivity index is 1.48. The number of para-hydroxylation sites is 1. The van der Waals surface area contributed by atoms with Crippen LogP contribution in [0.15, 0.2) is 121 Å². The SMILES string of the molecule is c1ccc(Cn2c(-c3ccccc3)c(B3Nc4cccc5cccc(c45)N3)c3ccccc32)cc1. The van der Waals surface area contributed by atoms with Gasteiger partial charge in [-0.3, -0.25) is 0 Å². The van der Waals surface area contributed by atoms with Crippen LogP contribution in [0.1, 0.15) is 5.56 Å². The lowest BCUT2D eigenvalue weighted by atomic mass is 9.64. The molecule has 0 spiro atoms. The van der Waals surface area contributed by atoms with Gasteiger partial charge in [0.1, 0.15) is 0 Å². The highest BCUT2D eigenvalue weighted by molar-refractivity contribution is 6.83. The van der Waals surface area contributed by atoms with Crippen molar-refractivity contribution in [2.24, 2.45) is 0 Å². The van der Waals surface area contributed by atoms with Crippen molar-refractivity contribution in [3.05, 3.63) is 127 Å². The summed E-state index contributed by atoms with van der Waals surface area (Å²) in [6.07, 6.45) is 0. The number of benzene rings is 5. The van der Waals surface area contributed by atoms with Gasteiger partial charge in [0.15, 0.2) is 0 Å². The molecule has 7 rings (SSSR count). The van der Waals surface area contributed by atoms with E-state index in [-0.39, 0.29) is 6.98 Å². The van der Waals surface area contributed by atoms with E-state index in [0.29, 0.717) is 0 Å². The highest BCUT2D eigenvalue weighted by Gasteiger charge is 2.32. The molecule has 0 unspecified atom stereocenters. The van der Waals surface area contributed by atoms with E-state index in [1.807, 2.05) is 0 Å². The zero-order valence-electron chi connectivity index (χ0n) is 19.3. The summed E-state index contributed by atoms with van der Waals surface area (Å²) >= 11 is 0. The van der Waals surface area contributed by atoms with Crippen molar-refractivity contribution in [2.45, 2.75) is 6.54 Å². The Morgan fingerprint density at radius 3 is 1.94 bits per heavy atom. The fourth-order valence-electron chi connectivity index (χ4n) is 5.53. The Morgan fingerprint density at radius 1 is 0.600 bits per heavy atom. The lowest BCUT2D eigenvalue weighted by Gasteiger charge is -2.27. The maximum atomic E-state index is 3.83. The third-order valence-corrected chi connectivity index (χ3v) is 7.03. The molecule has 0 aliphatic carbocycles. The van der Waals surface area contributed by atoms with Gasteiger partial charge in [-0.15, -0.1) is 0 Å². The molecule has 35 heavy (non-hydrogen) atoms. The highest BCUT2D eigenvalue weighted by Crippen LogP contribution is 2.36. The highest BCUT2D eigenvalue weighted by atomic mass is 15.0. The van der Waals surface area contributed by atoms with E-state index in [2.05, 4.69) is 136 Å². The van der Waals surface area contributed by atoms with Crippen LogP contribution in [0.4, 0.5) is 11.4 Å². The van der Waals surface area contributed by atoms with Crippen molar-refractivity contribution in [3.63, 3.8) is 0 Å². The van der Waals surface area contributed by atoms with Crippen molar-refractivity contribution in [3.8, 4) is 11.3 Å². The molecule has 0 radical (unpaired) electrons. The predicted octanol–water partition coefficient (Wildman–Crippen LogP) is 6.74. The summed E-state index contributed by atoms with van der Waals surface area (Å²) in [4.78, 5) is 0. The van der Waals surface area contributed by atoms with Crippen LogP contribution in [0.3, 0.4) is 0 Å². The van der Waals surface area contributed by atoms with Gasteiger partial charge in [0, 0.05) is 40.0 Å². The van der Waals surface area contributed by atoms with E-state index in [9.17, 15) is 0 Å². The average Bonchev–Trinajstić information content (AvgIpc) is 3.24. The predicted molar refractivity (Wildman–Crippen MR) is 149 cm³/mol. The first-order valence-corrected chi connectivity index (χ1v) is 12.1. The molecular weight excluding hydrogens is 425 g/mol. The van der Waals surface area contributed by atoms with E-state index in [1.54, 1.807) is 0 Å². The molecule has 5 aromatic carbocycles. The van der Waals surface area contributed by atoms with Crippen molar-refractivity contribution in [1.29, 1.82) is 0 Å². The molecule has 0 saturated carbocycles. The number of fused-ring (bicyclic) bond motifs is 1. The van der Waals surface area contributed by atoms with Crippen LogP contribution in [0.25, 0.3) is 32.9 Å². The molecular formula is C31H24BN3. The Morgan fingerprint density at radius 2 is 1.23 bits per heavy atom. The standard InChI is InChI=1S/C31H24BN3/c1-3-11-22(12-4-1)21-35-28-20-8-7-17-25(28)30(31(35)24-13-5-2-6-14-24)32-33-26-18-9-15-23-16-10-19-27(34-32)29(23)26/h1-20,33-34H,21H2. The maximum Gasteiger partial charge on any atom is 0.408 e. The van der Waals surface area contributed by atoms with Crippen molar-refractivity contribution in [1.82, 2.24) is 4.57 Å². The number of aromatic nitrogens is 1. The number of hydrogen-bond donors (Lipinski definition) is 2. The topological polar surface area (TPSA) is 29.0 Å². The molecule has 0 bridgehead atoms. The molecule has 1 aliphatic rings. The number of anilines is 2. The molecule has 0 atom stereocenters. The minimum atomic E-state index is -0.0624. The minimum absolute atomic E-state index is 0.0624. The second-order valence-corrected chi connectivity index (χ2v) is 9.15. The first-order chi connectivity index (χ1) is 17.4. The molecule has 2 N–H and O–H groups in total. The van der Waals surface area contributed by atoms with Gasteiger partial charge in [-0.25, -0.2) is 0 Å². The van der Waals surface area contributed by atoms with Gasteiger partial charge in [0.2, 0.25) is 0 Å². The summed E-state index contributed by atoms with van der Waals surface area (Å²) in [5.41, 5.74) is 8.60. The largest absolute Gasteiger partial charge is 0.408 e. The van der Waals surface area contributed by atoms with Crippen molar-refractivity contribution in [2.75, 3.05) is 10.5 Å². The van der Waals surface area contributed by atoms with Crippen LogP contribution in [-0.2, 0) is 6.54 Å². The fraction of sp³-hybridized carbons (Fsp3) is 0.0323. The lowest BCUT2D eigenvalue weighted by Crippen LogP contribution is -2.48. The quantitative estimate of drug-likeness (QED) is 0.292. The number of nitrogens with zero attached hydrogens (tertiary/aromatic N) is 1. The number of hydrogen-bond acceptors (Lipinski definition) is 2. The van der Waals surface area contributed by atoms with Gasteiger partial charge < -0.3 is 15.0 Å². The second-order valence-electron chi connectivity index (χ2n) is 9.15. The van der Waals surface area contributed by atoms with Crippen LogP contribution >= 0.6 is 0 Å². The van der Waals surface area contributed by atoms with Gasteiger partial charge >= 0.3 is 6.98 Å². The Hall–Kier alpha value is -4.44. The Bertz CT molecular complexity index is 1630. The first-order valence-electron chi connectivity index (χ1n) is 12.1. The zero-order chi connectivity index (χ0) is 23.2. The van der Waals surface area contributed by atoms with Crippen LogP contribution in [0, 0.1) is 0 Å². The van der Waals surface area contributed by atoms with Gasteiger partial charge in [0.25, 0.3) is 0 Å². The molecule has 0 fully saturated rings. The average molecular weight is 449 g/mol. The number of rotatable bonds is 4. The van der Waals surface area contributed by atoms with E-state index < -0.39 is 0 Å². The summed E-state index contributed by atoms with van der Waals surface area (Å²) in [7, 11) is 0. The molecule has 2 heterocycles.